The molecule has 0 radical (unpaired) electrons. The summed E-state index contributed by atoms with van der Waals surface area (Å²) in [6.07, 6.45) is 0. The van der Waals surface area contributed by atoms with Gasteiger partial charge in [-0.1, -0.05) is 17.4 Å². The second kappa shape index (κ2) is 6.80. The van der Waals surface area contributed by atoms with Gasteiger partial charge in [0.2, 0.25) is 0 Å². The predicted octanol–water partition coefficient (Wildman–Crippen LogP) is 3.98. The van der Waals surface area contributed by atoms with Crippen LogP contribution in [0.5, 0.6) is 0 Å². The highest BCUT2D eigenvalue weighted by molar-refractivity contribution is 7.22. The Morgan fingerprint density at radius 2 is 1.88 bits per heavy atom. The standard InChI is InChI=1S/C15H13N3O3S3/c1-7-10(23-13(16-7)9-5-4-6-22-9)12(19)18-15-17-8(2)11(24-15)14(20)21-3/h4-6H,1-3H3,(H,17,18,19). The summed E-state index contributed by atoms with van der Waals surface area (Å²) in [7, 11) is 1.31. The molecule has 1 amide bonds. The molecule has 0 atom stereocenters. The fourth-order valence-electron chi connectivity index (χ4n) is 2.00. The first-order valence-electron chi connectivity index (χ1n) is 6.88. The van der Waals surface area contributed by atoms with E-state index < -0.39 is 5.97 Å². The van der Waals surface area contributed by atoms with Crippen molar-refractivity contribution in [3.63, 3.8) is 0 Å². The van der Waals surface area contributed by atoms with Crippen molar-refractivity contribution >= 4 is 51.0 Å². The molecule has 124 valence electrons. The van der Waals surface area contributed by atoms with Crippen LogP contribution in [0.15, 0.2) is 17.5 Å². The monoisotopic (exact) mass is 379 g/mol. The highest BCUT2D eigenvalue weighted by atomic mass is 32.1. The first-order valence-corrected chi connectivity index (χ1v) is 9.39. The lowest BCUT2D eigenvalue weighted by molar-refractivity contribution is 0.0605. The van der Waals surface area contributed by atoms with Gasteiger partial charge in [0.05, 0.1) is 23.4 Å². The van der Waals surface area contributed by atoms with E-state index in [1.807, 2.05) is 17.5 Å². The Labute approximate surface area is 150 Å². The number of thiophene rings is 1. The van der Waals surface area contributed by atoms with E-state index in [4.69, 9.17) is 4.74 Å². The van der Waals surface area contributed by atoms with Gasteiger partial charge in [0, 0.05) is 0 Å². The van der Waals surface area contributed by atoms with Crippen LogP contribution in [-0.4, -0.2) is 29.0 Å². The maximum Gasteiger partial charge on any atom is 0.350 e. The number of hydrogen-bond acceptors (Lipinski definition) is 8. The third kappa shape index (κ3) is 3.23. The van der Waals surface area contributed by atoms with Gasteiger partial charge in [-0.3, -0.25) is 10.1 Å². The zero-order valence-corrected chi connectivity index (χ0v) is 15.5. The van der Waals surface area contributed by atoms with Gasteiger partial charge in [0.15, 0.2) is 5.13 Å². The molecule has 24 heavy (non-hydrogen) atoms. The second-order valence-corrected chi connectivity index (χ2v) is 7.74. The molecular weight excluding hydrogens is 366 g/mol. The van der Waals surface area contributed by atoms with E-state index >= 15 is 0 Å². The Kier molecular flexibility index (Phi) is 4.74. The second-order valence-electron chi connectivity index (χ2n) is 4.79. The third-order valence-electron chi connectivity index (χ3n) is 3.12. The number of aryl methyl sites for hydroxylation is 2. The van der Waals surface area contributed by atoms with Crippen molar-refractivity contribution in [2.75, 3.05) is 12.4 Å². The third-order valence-corrected chi connectivity index (χ3v) is 6.37. The molecule has 0 fully saturated rings. The van der Waals surface area contributed by atoms with Gasteiger partial charge in [0.25, 0.3) is 5.91 Å². The van der Waals surface area contributed by atoms with Crippen molar-refractivity contribution in [1.82, 2.24) is 9.97 Å². The summed E-state index contributed by atoms with van der Waals surface area (Å²) in [4.78, 5) is 34.7. The molecule has 0 aliphatic heterocycles. The van der Waals surface area contributed by atoms with Crippen LogP contribution < -0.4 is 5.32 Å². The molecule has 1 N–H and O–H groups in total. The van der Waals surface area contributed by atoms with Crippen LogP contribution in [0.1, 0.15) is 30.7 Å². The van der Waals surface area contributed by atoms with E-state index in [1.54, 1.807) is 25.2 Å². The summed E-state index contributed by atoms with van der Waals surface area (Å²) in [6, 6.07) is 3.92. The molecule has 0 saturated carbocycles. The topological polar surface area (TPSA) is 81.2 Å². The fourth-order valence-corrected chi connectivity index (χ4v) is 4.64. The molecular formula is C15H13N3O3S3. The van der Waals surface area contributed by atoms with Gasteiger partial charge in [-0.05, 0) is 25.3 Å². The number of aromatic nitrogens is 2. The van der Waals surface area contributed by atoms with Crippen molar-refractivity contribution < 1.29 is 14.3 Å². The summed E-state index contributed by atoms with van der Waals surface area (Å²) in [6.45, 7) is 3.50. The van der Waals surface area contributed by atoms with Gasteiger partial charge < -0.3 is 4.74 Å². The highest BCUT2D eigenvalue weighted by Gasteiger charge is 2.20. The Hall–Kier alpha value is -2.10. The maximum absolute atomic E-state index is 12.5. The number of thiazole rings is 2. The summed E-state index contributed by atoms with van der Waals surface area (Å²) in [5.74, 6) is -0.738. The van der Waals surface area contributed by atoms with Crippen molar-refractivity contribution in [3.05, 3.63) is 38.7 Å². The molecule has 6 nitrogen and oxygen atoms in total. The SMILES string of the molecule is COC(=O)c1sc(NC(=O)c2sc(-c3cccs3)nc2C)nc1C. The smallest absolute Gasteiger partial charge is 0.350 e. The Balaban J connectivity index is 1.82. The van der Waals surface area contributed by atoms with Gasteiger partial charge in [-0.15, -0.1) is 22.7 Å². The van der Waals surface area contributed by atoms with E-state index in [1.165, 1.54) is 18.4 Å². The van der Waals surface area contributed by atoms with Crippen LogP contribution in [0.3, 0.4) is 0 Å². The fraction of sp³-hybridized carbons (Fsp3) is 0.200. The minimum atomic E-state index is -0.459. The Bertz CT molecular complexity index is 897. The molecule has 3 rings (SSSR count). The molecule has 3 aromatic rings. The Morgan fingerprint density at radius 3 is 2.54 bits per heavy atom. The normalized spacial score (nSPS) is 10.6. The first-order chi connectivity index (χ1) is 11.5. The van der Waals surface area contributed by atoms with Crippen molar-refractivity contribution in [2.24, 2.45) is 0 Å². The average Bonchev–Trinajstić information content (AvgIpc) is 3.26. The molecule has 0 unspecified atom stereocenters. The van der Waals surface area contributed by atoms with Crippen LogP contribution in [0.2, 0.25) is 0 Å². The number of amides is 1. The number of carbonyl (C=O) groups is 2. The van der Waals surface area contributed by atoms with Crippen molar-refractivity contribution in [1.29, 1.82) is 0 Å². The summed E-state index contributed by atoms with van der Waals surface area (Å²) in [5.41, 5.74) is 1.20. The molecule has 0 aliphatic rings. The zero-order valence-electron chi connectivity index (χ0n) is 13.1. The highest BCUT2D eigenvalue weighted by Crippen LogP contribution is 2.32. The van der Waals surface area contributed by atoms with Crippen LogP contribution in [0.4, 0.5) is 5.13 Å². The van der Waals surface area contributed by atoms with Gasteiger partial charge in [0.1, 0.15) is 14.8 Å². The zero-order chi connectivity index (χ0) is 17.3. The number of ether oxygens (including phenoxy) is 1. The minimum absolute atomic E-state index is 0.280. The van der Waals surface area contributed by atoms with E-state index in [9.17, 15) is 9.59 Å². The molecule has 0 saturated heterocycles. The van der Waals surface area contributed by atoms with Crippen molar-refractivity contribution in [2.45, 2.75) is 13.8 Å². The van der Waals surface area contributed by atoms with Gasteiger partial charge >= 0.3 is 5.97 Å². The number of rotatable bonds is 4. The predicted molar refractivity (Wildman–Crippen MR) is 96.3 cm³/mol. The number of nitrogens with zero attached hydrogens (tertiary/aromatic N) is 2. The minimum Gasteiger partial charge on any atom is -0.465 e. The summed E-state index contributed by atoms with van der Waals surface area (Å²) >= 11 is 4.01. The van der Waals surface area contributed by atoms with E-state index in [0.717, 1.165) is 21.2 Å². The lowest BCUT2D eigenvalue weighted by Gasteiger charge is -1.98. The first kappa shape index (κ1) is 16.7. The van der Waals surface area contributed by atoms with Crippen molar-refractivity contribution in [3.8, 4) is 9.88 Å². The van der Waals surface area contributed by atoms with Crippen LogP contribution in [0.25, 0.3) is 9.88 Å². The molecule has 0 bridgehead atoms. The average molecular weight is 379 g/mol. The molecule has 0 aromatic carbocycles. The molecule has 3 heterocycles. The number of hydrogen-bond donors (Lipinski definition) is 1. The number of esters is 1. The Morgan fingerprint density at radius 1 is 1.12 bits per heavy atom. The molecule has 9 heteroatoms. The van der Waals surface area contributed by atoms with Crippen LogP contribution in [0, 0.1) is 13.8 Å². The largest absolute Gasteiger partial charge is 0.465 e. The maximum atomic E-state index is 12.5. The summed E-state index contributed by atoms with van der Waals surface area (Å²) in [5, 5.41) is 5.89. The van der Waals surface area contributed by atoms with Gasteiger partial charge in [-0.25, -0.2) is 14.8 Å². The van der Waals surface area contributed by atoms with Crippen LogP contribution in [-0.2, 0) is 4.74 Å². The van der Waals surface area contributed by atoms with E-state index in [2.05, 4.69) is 15.3 Å². The number of carbonyl (C=O) groups excluding carboxylic acids is 2. The quantitative estimate of drug-likeness (QED) is 0.693. The lowest BCUT2D eigenvalue weighted by Crippen LogP contribution is -2.11. The number of anilines is 1. The number of methoxy groups -OCH3 is 1. The summed E-state index contributed by atoms with van der Waals surface area (Å²) < 4.78 is 4.70. The molecule has 0 aliphatic carbocycles. The van der Waals surface area contributed by atoms with E-state index in [-0.39, 0.29) is 5.91 Å². The molecule has 3 aromatic heterocycles. The van der Waals surface area contributed by atoms with Crippen LogP contribution >= 0.6 is 34.0 Å². The molecule has 0 spiro atoms. The van der Waals surface area contributed by atoms with E-state index in [0.29, 0.717) is 26.3 Å². The number of nitrogens with one attached hydrogen (secondary N) is 1. The van der Waals surface area contributed by atoms with Gasteiger partial charge in [-0.2, -0.15) is 0 Å². The lowest BCUT2D eigenvalue weighted by atomic mass is 10.4.